The summed E-state index contributed by atoms with van der Waals surface area (Å²) in [5, 5.41) is 14.6. The molecule has 0 atom stereocenters. The Labute approximate surface area is 183 Å². The van der Waals surface area contributed by atoms with Crippen molar-refractivity contribution in [2.24, 2.45) is 5.73 Å². The van der Waals surface area contributed by atoms with Gasteiger partial charge in [-0.15, -0.1) is 15.3 Å². The first-order chi connectivity index (χ1) is 15.6. The molecule has 0 unspecified atom stereocenters. The van der Waals surface area contributed by atoms with E-state index >= 15 is 0 Å². The smallest absolute Gasteiger partial charge is 0.240 e. The van der Waals surface area contributed by atoms with Crippen LogP contribution in [0.15, 0.2) is 48.7 Å². The van der Waals surface area contributed by atoms with Gasteiger partial charge >= 0.3 is 0 Å². The normalized spacial score (nSPS) is 14.2. The summed E-state index contributed by atoms with van der Waals surface area (Å²) in [6, 6.07) is 11.7. The van der Waals surface area contributed by atoms with E-state index in [9.17, 15) is 4.79 Å². The molecule has 1 aliphatic carbocycles. The zero-order chi connectivity index (χ0) is 22.1. The van der Waals surface area contributed by atoms with Crippen molar-refractivity contribution in [3.63, 3.8) is 0 Å². The number of hydrogen-bond acceptors (Lipinski definition) is 8. The van der Waals surface area contributed by atoms with Crippen LogP contribution in [-0.4, -0.2) is 44.3 Å². The van der Waals surface area contributed by atoms with Gasteiger partial charge in [0.1, 0.15) is 13.2 Å². The number of ether oxygens (including phenoxy) is 2. The van der Waals surface area contributed by atoms with Crippen LogP contribution in [0.3, 0.4) is 0 Å². The number of nitrogens with zero attached hydrogens (tertiary/aromatic N) is 5. The maximum atomic E-state index is 11.9. The number of methoxy groups -OCH3 is 1. The van der Waals surface area contributed by atoms with Gasteiger partial charge in [-0.2, -0.15) is 4.52 Å². The first-order valence-electron chi connectivity index (χ1n) is 10.3. The van der Waals surface area contributed by atoms with Gasteiger partial charge in [-0.05, 0) is 36.5 Å². The molecule has 9 nitrogen and oxygen atoms in total. The molecule has 32 heavy (non-hydrogen) atoms. The van der Waals surface area contributed by atoms with E-state index in [-0.39, 0.29) is 30.5 Å². The molecule has 162 valence electrons. The summed E-state index contributed by atoms with van der Waals surface area (Å²) in [4.78, 5) is 16.4. The molecule has 0 aliphatic heterocycles. The van der Waals surface area contributed by atoms with Crippen molar-refractivity contribution in [3.05, 3.63) is 65.8 Å². The molecule has 4 aromatic rings. The summed E-state index contributed by atoms with van der Waals surface area (Å²) in [5.41, 5.74) is 8.86. The van der Waals surface area contributed by atoms with Crippen LogP contribution >= 0.6 is 0 Å². The standard InChI is InChI=1S/C23H22N6O3/c1-31-13-17(30)10-20(24)22-27-26-21-18-4-2-3-5-19(18)23(28-29(21)22)32-12-16-9-8-15(11-25-16)14-6-7-14/h2-5,8-11,14H,6-7,12-13,24H2,1H3. The Balaban J connectivity index is 1.50. The molecule has 3 heterocycles. The molecule has 1 aliphatic rings. The highest BCUT2D eigenvalue weighted by Crippen LogP contribution is 2.39. The molecule has 9 heteroatoms. The van der Waals surface area contributed by atoms with Crippen molar-refractivity contribution in [2.45, 2.75) is 25.4 Å². The van der Waals surface area contributed by atoms with Crippen molar-refractivity contribution < 1.29 is 14.3 Å². The summed E-state index contributed by atoms with van der Waals surface area (Å²) < 4.78 is 12.4. The van der Waals surface area contributed by atoms with E-state index < -0.39 is 0 Å². The van der Waals surface area contributed by atoms with Gasteiger partial charge in [-0.1, -0.05) is 24.3 Å². The second-order valence-electron chi connectivity index (χ2n) is 7.75. The summed E-state index contributed by atoms with van der Waals surface area (Å²) in [6.45, 7) is 0.192. The van der Waals surface area contributed by atoms with E-state index in [0.29, 0.717) is 17.4 Å². The van der Waals surface area contributed by atoms with Crippen molar-refractivity contribution in [1.29, 1.82) is 0 Å². The van der Waals surface area contributed by atoms with Gasteiger partial charge in [-0.3, -0.25) is 9.78 Å². The number of pyridine rings is 1. The van der Waals surface area contributed by atoms with Gasteiger partial charge in [0.2, 0.25) is 11.7 Å². The predicted molar refractivity (Wildman–Crippen MR) is 118 cm³/mol. The maximum Gasteiger partial charge on any atom is 0.240 e. The van der Waals surface area contributed by atoms with Crippen molar-refractivity contribution in [2.75, 3.05) is 13.7 Å². The minimum atomic E-state index is -0.278. The Morgan fingerprint density at radius 1 is 1.19 bits per heavy atom. The van der Waals surface area contributed by atoms with Crippen LogP contribution in [0.1, 0.15) is 35.8 Å². The Kier molecular flexibility index (Phi) is 5.24. The Hall–Kier alpha value is -3.85. The summed E-state index contributed by atoms with van der Waals surface area (Å²) in [6.07, 6.45) is 5.67. The van der Waals surface area contributed by atoms with Crippen molar-refractivity contribution in [1.82, 2.24) is 24.8 Å². The molecule has 5 rings (SSSR count). The fourth-order valence-corrected chi connectivity index (χ4v) is 3.58. The van der Waals surface area contributed by atoms with Gasteiger partial charge in [0.15, 0.2) is 11.4 Å². The minimum absolute atomic E-state index is 0.0747. The van der Waals surface area contributed by atoms with Gasteiger partial charge in [0.25, 0.3) is 0 Å². The van der Waals surface area contributed by atoms with Crippen LogP contribution in [0.4, 0.5) is 0 Å². The molecule has 0 amide bonds. The lowest BCUT2D eigenvalue weighted by molar-refractivity contribution is -0.117. The van der Waals surface area contributed by atoms with Crippen LogP contribution in [-0.2, 0) is 16.1 Å². The number of fused-ring (bicyclic) bond motifs is 3. The number of nitrogens with two attached hydrogens (primary N) is 1. The zero-order valence-corrected chi connectivity index (χ0v) is 17.6. The van der Waals surface area contributed by atoms with Gasteiger partial charge in [0, 0.05) is 30.2 Å². The molecule has 0 radical (unpaired) electrons. The third-order valence-corrected chi connectivity index (χ3v) is 5.34. The van der Waals surface area contributed by atoms with Crippen LogP contribution < -0.4 is 10.5 Å². The van der Waals surface area contributed by atoms with Crippen LogP contribution in [0, 0.1) is 0 Å². The average Bonchev–Trinajstić information content (AvgIpc) is 3.56. The van der Waals surface area contributed by atoms with E-state index in [4.69, 9.17) is 15.2 Å². The fourth-order valence-electron chi connectivity index (χ4n) is 3.58. The monoisotopic (exact) mass is 430 g/mol. The Morgan fingerprint density at radius 3 is 2.72 bits per heavy atom. The Morgan fingerprint density at radius 2 is 2.00 bits per heavy atom. The fraction of sp³-hybridized carbons (Fsp3) is 0.261. The summed E-state index contributed by atoms with van der Waals surface area (Å²) in [5.74, 6) is 1.04. The second-order valence-corrected chi connectivity index (χ2v) is 7.75. The average molecular weight is 430 g/mol. The highest BCUT2D eigenvalue weighted by molar-refractivity contribution is 5.98. The number of carbonyl (C=O) groups excluding carboxylic acids is 1. The molecule has 1 fully saturated rings. The lowest BCUT2D eigenvalue weighted by atomic mass is 10.2. The van der Waals surface area contributed by atoms with E-state index in [1.165, 1.54) is 36.1 Å². The van der Waals surface area contributed by atoms with E-state index in [2.05, 4.69) is 26.3 Å². The molecule has 3 aromatic heterocycles. The van der Waals surface area contributed by atoms with Crippen LogP contribution in [0.25, 0.3) is 22.1 Å². The van der Waals surface area contributed by atoms with E-state index in [0.717, 1.165) is 16.5 Å². The SMILES string of the molecule is COCC(=O)C=C(N)c1nnc2c3ccccc3c(OCc3ccc(C4CC4)cn3)nn12. The molecule has 1 aromatic carbocycles. The second kappa shape index (κ2) is 8.35. The molecular formula is C23H22N6O3. The first kappa shape index (κ1) is 20.1. The summed E-state index contributed by atoms with van der Waals surface area (Å²) >= 11 is 0. The van der Waals surface area contributed by atoms with Crippen molar-refractivity contribution >= 4 is 27.9 Å². The molecular weight excluding hydrogens is 408 g/mol. The number of ketones is 1. The highest BCUT2D eigenvalue weighted by atomic mass is 16.5. The largest absolute Gasteiger partial charge is 0.470 e. The minimum Gasteiger partial charge on any atom is -0.470 e. The summed E-state index contributed by atoms with van der Waals surface area (Å²) in [7, 11) is 1.44. The van der Waals surface area contributed by atoms with Gasteiger partial charge < -0.3 is 15.2 Å². The predicted octanol–water partition coefficient (Wildman–Crippen LogP) is 2.64. The number of aromatic nitrogens is 5. The first-order valence-corrected chi connectivity index (χ1v) is 10.3. The maximum absolute atomic E-state index is 11.9. The number of carbonyl (C=O) groups is 1. The third-order valence-electron chi connectivity index (χ3n) is 5.34. The third kappa shape index (κ3) is 3.90. The van der Waals surface area contributed by atoms with Crippen molar-refractivity contribution in [3.8, 4) is 5.88 Å². The topological polar surface area (TPSA) is 118 Å². The lowest BCUT2D eigenvalue weighted by Gasteiger charge is -2.10. The number of benzene rings is 1. The Bertz CT molecular complexity index is 1330. The zero-order valence-electron chi connectivity index (χ0n) is 17.6. The highest BCUT2D eigenvalue weighted by Gasteiger charge is 2.23. The lowest BCUT2D eigenvalue weighted by Crippen LogP contribution is -2.11. The van der Waals surface area contributed by atoms with Gasteiger partial charge in [0.05, 0.1) is 11.4 Å². The molecule has 0 bridgehead atoms. The molecule has 0 spiro atoms. The molecule has 1 saturated carbocycles. The quantitative estimate of drug-likeness (QED) is 0.424. The van der Waals surface area contributed by atoms with Crippen LogP contribution in [0.5, 0.6) is 5.88 Å². The van der Waals surface area contributed by atoms with E-state index in [1.54, 1.807) is 0 Å². The molecule has 2 N–H and O–H groups in total. The molecule has 0 saturated heterocycles. The number of rotatable bonds is 8. The van der Waals surface area contributed by atoms with Gasteiger partial charge in [-0.25, -0.2) is 0 Å². The number of hydrogen-bond donors (Lipinski definition) is 1. The van der Waals surface area contributed by atoms with E-state index in [1.807, 2.05) is 36.5 Å². The van der Waals surface area contributed by atoms with Crippen LogP contribution in [0.2, 0.25) is 0 Å².